The van der Waals surface area contributed by atoms with Gasteiger partial charge in [-0.2, -0.15) is 8.78 Å². The number of hydrogen-bond donors (Lipinski definition) is 0. The van der Waals surface area contributed by atoms with Crippen molar-refractivity contribution >= 4 is 16.8 Å². The fourth-order valence-corrected chi connectivity index (χ4v) is 4.76. The monoisotopic (exact) mass is 404 g/mol. The molecule has 5 rings (SSSR count). The van der Waals surface area contributed by atoms with Crippen LogP contribution in [-0.2, 0) is 17.8 Å². The molecular formula is C25H22F2N2O. The van der Waals surface area contributed by atoms with E-state index in [1.165, 1.54) is 0 Å². The van der Waals surface area contributed by atoms with Gasteiger partial charge in [0.25, 0.3) is 5.89 Å². The summed E-state index contributed by atoms with van der Waals surface area (Å²) in [7, 11) is 1.96. The van der Waals surface area contributed by atoms with E-state index in [9.17, 15) is 0 Å². The van der Waals surface area contributed by atoms with Gasteiger partial charge in [-0.1, -0.05) is 60.7 Å². The van der Waals surface area contributed by atoms with Crippen molar-refractivity contribution in [3.05, 3.63) is 95.9 Å². The van der Waals surface area contributed by atoms with Gasteiger partial charge in [0.1, 0.15) is 5.52 Å². The number of halogens is 2. The molecule has 0 radical (unpaired) electrons. The molecule has 152 valence electrons. The highest BCUT2D eigenvalue weighted by Crippen LogP contribution is 2.50. The van der Waals surface area contributed by atoms with Crippen molar-refractivity contribution in [2.75, 3.05) is 18.5 Å². The molecule has 0 fully saturated rings. The zero-order valence-electron chi connectivity index (χ0n) is 16.7. The van der Waals surface area contributed by atoms with Crippen LogP contribution in [0.3, 0.4) is 0 Å². The van der Waals surface area contributed by atoms with Crippen LogP contribution in [0.5, 0.6) is 0 Å². The minimum atomic E-state index is -3.20. The first-order valence-electron chi connectivity index (χ1n) is 10.1. The summed E-state index contributed by atoms with van der Waals surface area (Å²) >= 11 is 0. The molecule has 1 aromatic heterocycles. The standard InChI is InChI=1S/C25H22F2N2O/c1-29-17-24(15-18-9-3-2-4-10-18,19-11-5-7-13-21(19)29)16-25(26,27)23-28-20-12-6-8-14-22(20)30-23/h2-14H,15-17H2,1H3. The van der Waals surface area contributed by atoms with Crippen LogP contribution in [0.2, 0.25) is 0 Å². The minimum Gasteiger partial charge on any atom is -0.435 e. The van der Waals surface area contributed by atoms with Crippen molar-refractivity contribution in [2.24, 2.45) is 0 Å². The summed E-state index contributed by atoms with van der Waals surface area (Å²) in [6.07, 6.45) is 0.147. The van der Waals surface area contributed by atoms with Gasteiger partial charge >= 0.3 is 5.92 Å². The highest BCUT2D eigenvalue weighted by atomic mass is 19.3. The predicted molar refractivity (Wildman–Crippen MR) is 114 cm³/mol. The summed E-state index contributed by atoms with van der Waals surface area (Å²) < 4.78 is 36.8. The summed E-state index contributed by atoms with van der Waals surface area (Å²) in [5.41, 5.74) is 3.07. The van der Waals surface area contributed by atoms with Gasteiger partial charge in [0.2, 0.25) is 0 Å². The summed E-state index contributed by atoms with van der Waals surface area (Å²) in [5.74, 6) is -3.71. The number of alkyl halides is 2. The van der Waals surface area contributed by atoms with E-state index in [1.807, 2.05) is 61.6 Å². The van der Waals surface area contributed by atoms with Gasteiger partial charge < -0.3 is 9.32 Å². The molecule has 1 aliphatic heterocycles. The lowest BCUT2D eigenvalue weighted by molar-refractivity contribution is -0.0565. The number of fused-ring (bicyclic) bond motifs is 2. The number of hydrogen-bond acceptors (Lipinski definition) is 3. The van der Waals surface area contributed by atoms with Crippen LogP contribution in [0.1, 0.15) is 23.4 Å². The zero-order valence-corrected chi connectivity index (χ0v) is 16.7. The number of likely N-dealkylation sites (N-methyl/N-ethyl adjacent to an activating group) is 1. The van der Waals surface area contributed by atoms with Crippen LogP contribution in [0.4, 0.5) is 14.5 Å². The van der Waals surface area contributed by atoms with E-state index < -0.39 is 17.2 Å². The van der Waals surface area contributed by atoms with Crippen LogP contribution in [-0.4, -0.2) is 18.6 Å². The molecule has 1 aliphatic rings. The molecule has 30 heavy (non-hydrogen) atoms. The van der Waals surface area contributed by atoms with Gasteiger partial charge in [-0.3, -0.25) is 0 Å². The Morgan fingerprint density at radius 2 is 1.67 bits per heavy atom. The van der Waals surface area contributed by atoms with Gasteiger partial charge in [0.15, 0.2) is 5.58 Å². The number of para-hydroxylation sites is 3. The van der Waals surface area contributed by atoms with E-state index >= 15 is 8.78 Å². The first kappa shape index (κ1) is 18.8. The third-order valence-corrected chi connectivity index (χ3v) is 5.98. The van der Waals surface area contributed by atoms with Crippen molar-refractivity contribution in [1.29, 1.82) is 0 Å². The molecule has 0 saturated heterocycles. The summed E-state index contributed by atoms with van der Waals surface area (Å²) in [5, 5.41) is 0. The normalized spacial score (nSPS) is 18.7. The molecule has 0 saturated carbocycles. The minimum absolute atomic E-state index is 0.372. The number of rotatable bonds is 5. The molecule has 3 aromatic carbocycles. The van der Waals surface area contributed by atoms with Crippen LogP contribution in [0.15, 0.2) is 83.3 Å². The molecule has 4 aromatic rings. The average Bonchev–Trinajstić information content (AvgIpc) is 3.29. The first-order valence-corrected chi connectivity index (χ1v) is 10.1. The smallest absolute Gasteiger partial charge is 0.323 e. The van der Waals surface area contributed by atoms with Crippen molar-refractivity contribution in [1.82, 2.24) is 4.98 Å². The maximum atomic E-state index is 15.6. The lowest BCUT2D eigenvalue weighted by Crippen LogP contribution is -2.39. The molecule has 3 nitrogen and oxygen atoms in total. The quantitative estimate of drug-likeness (QED) is 0.412. The molecule has 0 amide bonds. The van der Waals surface area contributed by atoms with E-state index in [2.05, 4.69) is 9.88 Å². The van der Waals surface area contributed by atoms with Crippen LogP contribution in [0, 0.1) is 0 Å². The Labute approximate surface area is 174 Å². The molecule has 1 unspecified atom stereocenters. The van der Waals surface area contributed by atoms with Crippen molar-refractivity contribution < 1.29 is 13.2 Å². The van der Waals surface area contributed by atoms with Gasteiger partial charge in [0, 0.05) is 31.1 Å². The van der Waals surface area contributed by atoms with E-state index in [0.717, 1.165) is 16.8 Å². The van der Waals surface area contributed by atoms with Gasteiger partial charge in [-0.15, -0.1) is 0 Å². The Morgan fingerprint density at radius 1 is 0.967 bits per heavy atom. The molecule has 0 bridgehead atoms. The highest BCUT2D eigenvalue weighted by molar-refractivity contribution is 5.72. The third kappa shape index (κ3) is 3.15. The molecule has 0 N–H and O–H groups in total. The van der Waals surface area contributed by atoms with E-state index in [-0.39, 0.29) is 6.42 Å². The second kappa shape index (κ2) is 6.94. The molecule has 0 spiro atoms. The Kier molecular flexibility index (Phi) is 4.35. The fourth-order valence-electron chi connectivity index (χ4n) is 4.76. The average molecular weight is 404 g/mol. The summed E-state index contributed by atoms with van der Waals surface area (Å²) in [4.78, 5) is 6.18. The SMILES string of the molecule is CN1CC(Cc2ccccc2)(CC(F)(F)c2nc3ccccc3o2)c2ccccc21. The Bertz CT molecular complexity index is 1150. The molecule has 1 atom stereocenters. The Balaban J connectivity index is 1.59. The van der Waals surface area contributed by atoms with Gasteiger partial charge in [-0.25, -0.2) is 4.98 Å². The van der Waals surface area contributed by atoms with Crippen molar-refractivity contribution in [2.45, 2.75) is 24.2 Å². The predicted octanol–water partition coefficient (Wildman–Crippen LogP) is 5.94. The van der Waals surface area contributed by atoms with Crippen molar-refractivity contribution in [3.8, 4) is 0 Å². The first-order chi connectivity index (χ1) is 14.5. The molecular weight excluding hydrogens is 382 g/mol. The maximum absolute atomic E-state index is 15.6. The molecule has 2 heterocycles. The topological polar surface area (TPSA) is 29.3 Å². The maximum Gasteiger partial charge on any atom is 0.323 e. The molecule has 5 heteroatoms. The van der Waals surface area contributed by atoms with E-state index in [1.54, 1.807) is 24.3 Å². The number of oxazole rings is 1. The van der Waals surface area contributed by atoms with Crippen LogP contribution >= 0.6 is 0 Å². The second-order valence-corrected chi connectivity index (χ2v) is 8.18. The van der Waals surface area contributed by atoms with Crippen LogP contribution < -0.4 is 4.90 Å². The Morgan fingerprint density at radius 3 is 2.47 bits per heavy atom. The molecule has 0 aliphatic carbocycles. The van der Waals surface area contributed by atoms with Gasteiger partial charge in [-0.05, 0) is 35.7 Å². The summed E-state index contributed by atoms with van der Waals surface area (Å²) in [6, 6.07) is 24.6. The number of benzene rings is 3. The lowest BCUT2D eigenvalue weighted by atomic mass is 9.73. The number of aromatic nitrogens is 1. The number of anilines is 1. The second-order valence-electron chi connectivity index (χ2n) is 8.18. The Hall–Kier alpha value is -3.21. The third-order valence-electron chi connectivity index (χ3n) is 5.98. The highest BCUT2D eigenvalue weighted by Gasteiger charge is 2.51. The fraction of sp³-hybridized carbons (Fsp3) is 0.240. The summed E-state index contributed by atoms with van der Waals surface area (Å²) in [6.45, 7) is 0.511. The zero-order chi connectivity index (χ0) is 20.8. The largest absolute Gasteiger partial charge is 0.435 e. The number of nitrogens with zero attached hydrogens (tertiary/aromatic N) is 2. The van der Waals surface area contributed by atoms with Crippen molar-refractivity contribution in [3.63, 3.8) is 0 Å². The van der Waals surface area contributed by atoms with Crippen LogP contribution in [0.25, 0.3) is 11.1 Å². The van der Waals surface area contributed by atoms with E-state index in [4.69, 9.17) is 4.42 Å². The lowest BCUT2D eigenvalue weighted by Gasteiger charge is -2.33. The van der Waals surface area contributed by atoms with Gasteiger partial charge in [0.05, 0.1) is 0 Å². The van der Waals surface area contributed by atoms with E-state index in [0.29, 0.717) is 24.1 Å².